The van der Waals surface area contributed by atoms with Gasteiger partial charge in [-0.25, -0.2) is 4.98 Å². The number of aromatic nitrogens is 1. The highest BCUT2D eigenvalue weighted by atomic mass is 79.9. The topological polar surface area (TPSA) is 45.6 Å². The fourth-order valence-electron chi connectivity index (χ4n) is 1.84. The molecule has 0 fully saturated rings. The Bertz CT molecular complexity index is 557. The summed E-state index contributed by atoms with van der Waals surface area (Å²) in [6.45, 7) is 1.21. The van der Waals surface area contributed by atoms with Crippen LogP contribution in [-0.2, 0) is 24.5 Å². The SMILES string of the molecule is COCc1nc(N(C)Cc2ccc(Br)cc2)sc1CO. The summed E-state index contributed by atoms with van der Waals surface area (Å²) >= 11 is 4.94. The molecule has 1 aromatic heterocycles. The van der Waals surface area contributed by atoms with Gasteiger partial charge in [0.15, 0.2) is 5.13 Å². The maximum absolute atomic E-state index is 9.35. The van der Waals surface area contributed by atoms with E-state index >= 15 is 0 Å². The molecule has 0 bridgehead atoms. The lowest BCUT2D eigenvalue weighted by atomic mass is 10.2. The maximum atomic E-state index is 9.35. The molecule has 0 aliphatic carbocycles. The molecule has 0 saturated carbocycles. The van der Waals surface area contributed by atoms with Crippen molar-refractivity contribution in [2.45, 2.75) is 19.8 Å². The van der Waals surface area contributed by atoms with Crippen LogP contribution >= 0.6 is 27.3 Å². The molecule has 0 spiro atoms. The van der Waals surface area contributed by atoms with Crippen LogP contribution in [0.5, 0.6) is 0 Å². The molecule has 0 saturated heterocycles. The standard InChI is InChI=1S/C14H17BrN2O2S/c1-17(7-10-3-5-11(15)6-4-10)14-16-12(9-19-2)13(8-18)20-14/h3-6,18H,7-9H2,1-2H3. The fourth-order valence-corrected chi connectivity index (χ4v) is 2.99. The van der Waals surface area contributed by atoms with E-state index in [9.17, 15) is 5.11 Å². The van der Waals surface area contributed by atoms with Crippen molar-refractivity contribution in [1.29, 1.82) is 0 Å². The molecule has 20 heavy (non-hydrogen) atoms. The Kier molecular flexibility index (Phi) is 5.54. The molecule has 0 radical (unpaired) electrons. The molecule has 0 aliphatic rings. The number of rotatable bonds is 6. The van der Waals surface area contributed by atoms with Crippen molar-refractivity contribution < 1.29 is 9.84 Å². The first-order chi connectivity index (χ1) is 9.63. The normalized spacial score (nSPS) is 10.8. The van der Waals surface area contributed by atoms with Gasteiger partial charge in [0, 0.05) is 25.2 Å². The highest BCUT2D eigenvalue weighted by Gasteiger charge is 2.13. The number of nitrogens with zero attached hydrogens (tertiary/aromatic N) is 2. The fraction of sp³-hybridized carbons (Fsp3) is 0.357. The van der Waals surface area contributed by atoms with Crippen LogP contribution < -0.4 is 4.90 Å². The van der Waals surface area contributed by atoms with Gasteiger partial charge in [-0.05, 0) is 17.7 Å². The number of anilines is 1. The molecule has 0 unspecified atom stereocenters. The lowest BCUT2D eigenvalue weighted by Gasteiger charge is -2.15. The Balaban J connectivity index is 2.12. The van der Waals surface area contributed by atoms with Gasteiger partial charge in [0.1, 0.15) is 0 Å². The van der Waals surface area contributed by atoms with E-state index in [4.69, 9.17) is 4.74 Å². The Morgan fingerprint density at radius 1 is 1.35 bits per heavy atom. The number of hydrogen-bond donors (Lipinski definition) is 1. The Hall–Kier alpha value is -0.950. The predicted octanol–water partition coefficient (Wildman–Crippen LogP) is 3.18. The second kappa shape index (κ2) is 7.17. The van der Waals surface area contributed by atoms with Gasteiger partial charge in [0.25, 0.3) is 0 Å². The summed E-state index contributed by atoms with van der Waals surface area (Å²) in [5, 5.41) is 10.2. The van der Waals surface area contributed by atoms with Crippen molar-refractivity contribution in [3.63, 3.8) is 0 Å². The molecule has 108 valence electrons. The number of aliphatic hydroxyl groups is 1. The first-order valence-corrected chi connectivity index (χ1v) is 7.79. The van der Waals surface area contributed by atoms with Gasteiger partial charge in [-0.1, -0.05) is 39.4 Å². The Labute approximate surface area is 131 Å². The molecular formula is C14H17BrN2O2S. The van der Waals surface area contributed by atoms with Gasteiger partial charge in [-0.3, -0.25) is 0 Å². The third kappa shape index (κ3) is 3.79. The smallest absolute Gasteiger partial charge is 0.185 e. The second-order valence-electron chi connectivity index (χ2n) is 4.44. The average molecular weight is 357 g/mol. The van der Waals surface area contributed by atoms with Crippen molar-refractivity contribution in [2.75, 3.05) is 19.1 Å². The number of ether oxygens (including phenoxy) is 1. The minimum absolute atomic E-state index is 0.00246. The van der Waals surface area contributed by atoms with Crippen molar-refractivity contribution in [1.82, 2.24) is 4.98 Å². The molecule has 6 heteroatoms. The molecule has 2 aromatic rings. The molecular weight excluding hydrogens is 340 g/mol. The van der Waals surface area contributed by atoms with Crippen LogP contribution in [0.4, 0.5) is 5.13 Å². The highest BCUT2D eigenvalue weighted by Crippen LogP contribution is 2.27. The van der Waals surface area contributed by atoms with Crippen molar-refractivity contribution in [2.24, 2.45) is 0 Å². The van der Waals surface area contributed by atoms with Crippen LogP contribution in [0.25, 0.3) is 0 Å². The molecule has 1 heterocycles. The van der Waals surface area contributed by atoms with Crippen LogP contribution in [0, 0.1) is 0 Å². The maximum Gasteiger partial charge on any atom is 0.185 e. The van der Waals surface area contributed by atoms with E-state index in [-0.39, 0.29) is 6.61 Å². The number of benzene rings is 1. The monoisotopic (exact) mass is 356 g/mol. The van der Waals surface area contributed by atoms with Crippen molar-refractivity contribution >= 4 is 32.4 Å². The first-order valence-electron chi connectivity index (χ1n) is 6.18. The number of halogens is 1. The van der Waals surface area contributed by atoms with E-state index in [2.05, 4.69) is 37.9 Å². The lowest BCUT2D eigenvalue weighted by Crippen LogP contribution is -2.16. The number of methoxy groups -OCH3 is 1. The van der Waals surface area contributed by atoms with Crippen LogP contribution in [0.15, 0.2) is 28.7 Å². The van der Waals surface area contributed by atoms with Gasteiger partial charge in [0.05, 0.1) is 23.8 Å². The van der Waals surface area contributed by atoms with Gasteiger partial charge in [-0.2, -0.15) is 0 Å². The van der Waals surface area contributed by atoms with E-state index in [1.165, 1.54) is 16.9 Å². The summed E-state index contributed by atoms with van der Waals surface area (Å²) in [6.07, 6.45) is 0. The van der Waals surface area contributed by atoms with E-state index < -0.39 is 0 Å². The number of hydrogen-bond acceptors (Lipinski definition) is 5. The summed E-state index contributed by atoms with van der Waals surface area (Å²) in [6, 6.07) is 8.22. The third-order valence-electron chi connectivity index (χ3n) is 2.85. The van der Waals surface area contributed by atoms with E-state index in [0.29, 0.717) is 6.61 Å². The quantitative estimate of drug-likeness (QED) is 0.863. The molecule has 1 N–H and O–H groups in total. The van der Waals surface area contributed by atoms with E-state index in [1.807, 2.05) is 19.2 Å². The predicted molar refractivity (Wildman–Crippen MR) is 85.0 cm³/mol. The largest absolute Gasteiger partial charge is 0.391 e. The summed E-state index contributed by atoms with van der Waals surface area (Å²) in [7, 11) is 3.63. The number of aliphatic hydroxyl groups excluding tert-OH is 1. The molecule has 0 atom stereocenters. The van der Waals surface area contributed by atoms with Gasteiger partial charge >= 0.3 is 0 Å². The average Bonchev–Trinajstić information content (AvgIpc) is 2.85. The zero-order chi connectivity index (χ0) is 14.5. The molecule has 0 aliphatic heterocycles. The minimum Gasteiger partial charge on any atom is -0.391 e. The van der Waals surface area contributed by atoms with Crippen LogP contribution in [0.1, 0.15) is 16.1 Å². The Morgan fingerprint density at radius 2 is 2.05 bits per heavy atom. The molecule has 4 nitrogen and oxygen atoms in total. The molecule has 2 rings (SSSR count). The third-order valence-corrected chi connectivity index (χ3v) is 4.58. The Morgan fingerprint density at radius 3 is 2.65 bits per heavy atom. The van der Waals surface area contributed by atoms with Gasteiger partial charge < -0.3 is 14.7 Å². The first kappa shape index (κ1) is 15.4. The van der Waals surface area contributed by atoms with Gasteiger partial charge in [0.2, 0.25) is 0 Å². The summed E-state index contributed by atoms with van der Waals surface area (Å²) in [4.78, 5) is 7.48. The summed E-state index contributed by atoms with van der Waals surface area (Å²) in [5.41, 5.74) is 2.03. The van der Waals surface area contributed by atoms with E-state index in [0.717, 1.165) is 26.7 Å². The summed E-state index contributed by atoms with van der Waals surface area (Å²) in [5.74, 6) is 0. The zero-order valence-corrected chi connectivity index (χ0v) is 13.9. The highest BCUT2D eigenvalue weighted by molar-refractivity contribution is 9.10. The second-order valence-corrected chi connectivity index (χ2v) is 6.42. The lowest BCUT2D eigenvalue weighted by molar-refractivity contribution is 0.179. The van der Waals surface area contributed by atoms with Crippen molar-refractivity contribution in [3.8, 4) is 0 Å². The number of thiazole rings is 1. The van der Waals surface area contributed by atoms with Crippen LogP contribution in [-0.4, -0.2) is 24.2 Å². The van der Waals surface area contributed by atoms with Gasteiger partial charge in [-0.15, -0.1) is 0 Å². The van der Waals surface area contributed by atoms with Crippen molar-refractivity contribution in [3.05, 3.63) is 44.9 Å². The van der Waals surface area contributed by atoms with Crippen LogP contribution in [0.3, 0.4) is 0 Å². The minimum atomic E-state index is 0.00246. The zero-order valence-electron chi connectivity index (χ0n) is 11.5. The van der Waals surface area contributed by atoms with E-state index in [1.54, 1.807) is 7.11 Å². The molecule has 1 aromatic carbocycles. The molecule has 0 amide bonds. The van der Waals surface area contributed by atoms with Crippen LogP contribution in [0.2, 0.25) is 0 Å². The summed E-state index contributed by atoms with van der Waals surface area (Å²) < 4.78 is 6.18.